The highest BCUT2D eigenvalue weighted by Crippen LogP contribution is 2.15. The van der Waals surface area contributed by atoms with Crippen molar-refractivity contribution in [3.8, 4) is 0 Å². The quantitative estimate of drug-likeness (QED) is 0.0199. The highest BCUT2D eigenvalue weighted by molar-refractivity contribution is 5.71. The molecule has 0 spiro atoms. The van der Waals surface area contributed by atoms with Gasteiger partial charge in [-0.15, -0.1) is 0 Å². The second-order valence-electron chi connectivity index (χ2n) is 19.6. The van der Waals surface area contributed by atoms with Gasteiger partial charge >= 0.3 is 17.9 Å². The van der Waals surface area contributed by atoms with Crippen LogP contribution in [0.15, 0.2) is 72.9 Å². The number of unbranched alkanes of at least 4 members (excludes halogenated alkanes) is 32. The van der Waals surface area contributed by atoms with Crippen molar-refractivity contribution in [2.45, 2.75) is 297 Å². The molecular weight excluding hydrogens is 853 g/mol. The zero-order valence-electron chi connectivity index (χ0n) is 45.6. The predicted molar refractivity (Wildman–Crippen MR) is 298 cm³/mol. The lowest BCUT2D eigenvalue weighted by Gasteiger charge is -2.18. The van der Waals surface area contributed by atoms with Crippen LogP contribution in [0.4, 0.5) is 0 Å². The van der Waals surface area contributed by atoms with Crippen LogP contribution in [0.25, 0.3) is 0 Å². The van der Waals surface area contributed by atoms with E-state index in [-0.39, 0.29) is 37.5 Å². The van der Waals surface area contributed by atoms with Crippen LogP contribution in [0.5, 0.6) is 0 Å². The van der Waals surface area contributed by atoms with E-state index in [0.29, 0.717) is 19.3 Å². The van der Waals surface area contributed by atoms with Crippen LogP contribution in [-0.2, 0) is 28.6 Å². The maximum Gasteiger partial charge on any atom is 0.306 e. The minimum Gasteiger partial charge on any atom is -0.462 e. The first-order valence-electron chi connectivity index (χ1n) is 29.5. The van der Waals surface area contributed by atoms with Gasteiger partial charge in [-0.2, -0.15) is 0 Å². The van der Waals surface area contributed by atoms with Crippen LogP contribution in [0.1, 0.15) is 290 Å². The Labute approximate surface area is 427 Å². The molecule has 0 N–H and O–H groups in total. The van der Waals surface area contributed by atoms with Crippen molar-refractivity contribution < 1.29 is 28.6 Å². The Hall–Kier alpha value is -3.15. The molecule has 0 bridgehead atoms. The van der Waals surface area contributed by atoms with Crippen molar-refractivity contribution in [2.24, 2.45) is 0 Å². The fourth-order valence-corrected chi connectivity index (χ4v) is 8.24. The standard InChI is InChI=1S/C63H110O6/c1-4-7-10-13-16-19-22-25-27-29-31-33-35-38-41-44-47-50-53-56-62(65)68-59-60(58-67-61(64)55-52-49-46-43-40-37-24-21-18-15-12-9-6-3)69-63(66)57-54-51-48-45-42-39-36-34-32-30-28-26-23-20-17-14-11-8-5-2/h16-17,19-20,22-23,25-26,37,40,46,49,60H,4-15,18,21,24,27-36,38-39,41-45,47-48,50-59H2,1-3H3/b19-16+,20-17+,25-22+,26-23+,40-37+,49-46+. The van der Waals surface area contributed by atoms with E-state index >= 15 is 0 Å². The number of rotatable bonds is 53. The van der Waals surface area contributed by atoms with Gasteiger partial charge in [-0.25, -0.2) is 0 Å². The second kappa shape index (κ2) is 57.4. The fraction of sp³-hybridized carbons (Fsp3) is 0.762. The molecule has 0 aliphatic rings. The van der Waals surface area contributed by atoms with E-state index < -0.39 is 6.10 Å². The maximum absolute atomic E-state index is 12.9. The summed E-state index contributed by atoms with van der Waals surface area (Å²) in [6, 6.07) is 0. The Morgan fingerprint density at radius 3 is 1.00 bits per heavy atom. The number of carbonyl (C=O) groups excluding carboxylic acids is 3. The van der Waals surface area contributed by atoms with E-state index in [1.165, 1.54) is 193 Å². The van der Waals surface area contributed by atoms with Crippen LogP contribution in [0, 0.1) is 0 Å². The molecule has 1 atom stereocenters. The molecule has 398 valence electrons. The first-order chi connectivity index (χ1) is 34.0. The van der Waals surface area contributed by atoms with Gasteiger partial charge in [0.25, 0.3) is 0 Å². The third-order valence-electron chi connectivity index (χ3n) is 12.7. The third kappa shape index (κ3) is 55.6. The molecule has 6 heteroatoms. The largest absolute Gasteiger partial charge is 0.462 e. The molecule has 0 aliphatic heterocycles. The summed E-state index contributed by atoms with van der Waals surface area (Å²) in [5.41, 5.74) is 0. The van der Waals surface area contributed by atoms with Gasteiger partial charge in [-0.3, -0.25) is 14.4 Å². The lowest BCUT2D eigenvalue weighted by atomic mass is 10.1. The Bertz CT molecular complexity index is 1290. The predicted octanol–water partition coefficient (Wildman–Crippen LogP) is 19.8. The smallest absolute Gasteiger partial charge is 0.306 e. The molecule has 1 unspecified atom stereocenters. The van der Waals surface area contributed by atoms with Crippen LogP contribution in [0.2, 0.25) is 0 Å². The van der Waals surface area contributed by atoms with Gasteiger partial charge in [-0.05, 0) is 89.9 Å². The van der Waals surface area contributed by atoms with E-state index in [1.54, 1.807) is 0 Å². The summed E-state index contributed by atoms with van der Waals surface area (Å²) in [5, 5.41) is 0. The fourth-order valence-electron chi connectivity index (χ4n) is 8.24. The van der Waals surface area contributed by atoms with Gasteiger partial charge in [0.15, 0.2) is 6.10 Å². The molecule has 0 fully saturated rings. The Morgan fingerprint density at radius 2 is 0.594 bits per heavy atom. The number of ether oxygens (including phenoxy) is 3. The van der Waals surface area contributed by atoms with Gasteiger partial charge in [0.2, 0.25) is 0 Å². The van der Waals surface area contributed by atoms with E-state index in [2.05, 4.69) is 87.6 Å². The molecule has 0 aliphatic carbocycles. The summed E-state index contributed by atoms with van der Waals surface area (Å²) in [6.45, 7) is 6.54. The topological polar surface area (TPSA) is 78.9 Å². The normalized spacial score (nSPS) is 12.6. The highest BCUT2D eigenvalue weighted by Gasteiger charge is 2.19. The molecule has 69 heavy (non-hydrogen) atoms. The van der Waals surface area contributed by atoms with Crippen molar-refractivity contribution in [1.82, 2.24) is 0 Å². The minimum atomic E-state index is -0.801. The van der Waals surface area contributed by atoms with Gasteiger partial charge in [0, 0.05) is 19.3 Å². The number of hydrogen-bond donors (Lipinski definition) is 0. The maximum atomic E-state index is 12.9. The zero-order valence-corrected chi connectivity index (χ0v) is 45.6. The van der Waals surface area contributed by atoms with Crippen LogP contribution in [-0.4, -0.2) is 37.2 Å². The van der Waals surface area contributed by atoms with Gasteiger partial charge in [0.05, 0.1) is 0 Å². The number of carbonyl (C=O) groups is 3. The first kappa shape index (κ1) is 65.8. The zero-order chi connectivity index (χ0) is 50.0. The molecule has 0 rings (SSSR count). The van der Waals surface area contributed by atoms with Gasteiger partial charge < -0.3 is 14.2 Å². The van der Waals surface area contributed by atoms with Crippen LogP contribution in [0.3, 0.4) is 0 Å². The van der Waals surface area contributed by atoms with E-state index in [1.807, 2.05) is 6.08 Å². The summed E-state index contributed by atoms with van der Waals surface area (Å²) < 4.78 is 16.8. The van der Waals surface area contributed by atoms with E-state index in [9.17, 15) is 14.4 Å². The summed E-state index contributed by atoms with van der Waals surface area (Å²) in [5.74, 6) is -0.963. The van der Waals surface area contributed by atoms with Crippen molar-refractivity contribution >= 4 is 17.9 Å². The Kier molecular flexibility index (Phi) is 54.8. The van der Waals surface area contributed by atoms with Crippen molar-refractivity contribution in [1.29, 1.82) is 0 Å². The van der Waals surface area contributed by atoms with Crippen molar-refractivity contribution in [3.05, 3.63) is 72.9 Å². The molecule has 0 saturated heterocycles. The van der Waals surface area contributed by atoms with Crippen molar-refractivity contribution in [3.63, 3.8) is 0 Å². The van der Waals surface area contributed by atoms with Crippen LogP contribution < -0.4 is 0 Å². The summed E-state index contributed by atoms with van der Waals surface area (Å²) in [4.78, 5) is 38.1. The second-order valence-corrected chi connectivity index (χ2v) is 19.6. The van der Waals surface area contributed by atoms with Crippen LogP contribution >= 0.6 is 0 Å². The third-order valence-corrected chi connectivity index (χ3v) is 12.7. The molecule has 0 aromatic rings. The molecule has 0 amide bonds. The molecule has 0 aromatic heterocycles. The Balaban J connectivity index is 4.40. The van der Waals surface area contributed by atoms with Gasteiger partial charge in [0.1, 0.15) is 13.2 Å². The summed E-state index contributed by atoms with van der Waals surface area (Å²) in [6.07, 6.45) is 73.3. The highest BCUT2D eigenvalue weighted by atomic mass is 16.6. The molecule has 0 aromatic carbocycles. The lowest BCUT2D eigenvalue weighted by molar-refractivity contribution is -0.166. The monoisotopic (exact) mass is 963 g/mol. The minimum absolute atomic E-state index is 0.0947. The average molecular weight is 964 g/mol. The van der Waals surface area contributed by atoms with E-state index in [0.717, 1.165) is 51.4 Å². The molecule has 0 heterocycles. The number of allylic oxidation sites excluding steroid dienone is 12. The summed E-state index contributed by atoms with van der Waals surface area (Å²) in [7, 11) is 0. The molecule has 6 nitrogen and oxygen atoms in total. The van der Waals surface area contributed by atoms with E-state index in [4.69, 9.17) is 14.2 Å². The number of hydrogen-bond acceptors (Lipinski definition) is 6. The molecule has 0 radical (unpaired) electrons. The average Bonchev–Trinajstić information content (AvgIpc) is 3.35. The molecule has 0 saturated carbocycles. The first-order valence-corrected chi connectivity index (χ1v) is 29.5. The molecular formula is C63H110O6. The summed E-state index contributed by atoms with van der Waals surface area (Å²) >= 11 is 0. The Morgan fingerprint density at radius 1 is 0.304 bits per heavy atom. The number of esters is 3. The SMILES string of the molecule is CCCCC/C=C/C=C/CCCCCCCCCCCCC(=O)OCC(COC(=O)CC/C=C/C/C=C/CCCCCCCC)OC(=O)CCCCCCCCCCCC/C=C/C=C/CCCCC. The van der Waals surface area contributed by atoms with Crippen molar-refractivity contribution in [2.75, 3.05) is 13.2 Å². The van der Waals surface area contributed by atoms with Gasteiger partial charge in [-0.1, -0.05) is 254 Å². The lowest BCUT2D eigenvalue weighted by Crippen LogP contribution is -2.30.